The second-order valence-corrected chi connectivity index (χ2v) is 12.9. The molecule has 0 aliphatic carbocycles. The lowest BCUT2D eigenvalue weighted by atomic mass is 9.97. The van der Waals surface area contributed by atoms with E-state index in [1.165, 1.54) is 9.21 Å². The number of aromatic nitrogens is 1. The van der Waals surface area contributed by atoms with Gasteiger partial charge in [-0.15, -0.1) is 0 Å². The Labute approximate surface area is 258 Å². The normalized spacial score (nSPS) is 14.2. The van der Waals surface area contributed by atoms with E-state index in [1.54, 1.807) is 65.8 Å². The number of nitrogens with zero attached hydrogens (tertiary/aromatic N) is 4. The SMILES string of the molecule is O=C(c1cc(-c2ccncc2)ccc1C(=O)N1CCN(S(=O)(=O)c2ccc3cc(Br)ccc3c2)CC1)N(CCO)CCO. The number of aliphatic hydroxyl groups is 2. The van der Waals surface area contributed by atoms with E-state index >= 15 is 0 Å². The van der Waals surface area contributed by atoms with Gasteiger partial charge in [0.1, 0.15) is 0 Å². The molecule has 4 aromatic rings. The van der Waals surface area contributed by atoms with E-state index in [2.05, 4.69) is 20.9 Å². The molecule has 2 amide bonds. The lowest BCUT2D eigenvalue weighted by Crippen LogP contribution is -2.50. The first-order chi connectivity index (χ1) is 20.7. The fraction of sp³-hybridized carbons (Fsp3) is 0.258. The van der Waals surface area contributed by atoms with Crippen molar-refractivity contribution in [1.82, 2.24) is 19.1 Å². The van der Waals surface area contributed by atoms with Crippen molar-refractivity contribution >= 4 is 48.5 Å². The summed E-state index contributed by atoms with van der Waals surface area (Å²) in [5.74, 6) is -0.891. The predicted molar refractivity (Wildman–Crippen MR) is 166 cm³/mol. The second-order valence-electron chi connectivity index (χ2n) is 10.1. The molecule has 12 heteroatoms. The maximum Gasteiger partial charge on any atom is 0.254 e. The Bertz CT molecular complexity index is 1740. The number of aliphatic hydroxyl groups excluding tert-OH is 2. The summed E-state index contributed by atoms with van der Waals surface area (Å²) in [6, 6.07) is 19.2. The number of amides is 2. The van der Waals surface area contributed by atoms with Crippen molar-refractivity contribution in [2.75, 3.05) is 52.5 Å². The highest BCUT2D eigenvalue weighted by atomic mass is 79.9. The predicted octanol–water partition coefficient (Wildman–Crippen LogP) is 3.24. The van der Waals surface area contributed by atoms with Crippen molar-refractivity contribution in [2.45, 2.75) is 4.90 Å². The molecule has 3 aromatic carbocycles. The molecule has 5 rings (SSSR count). The van der Waals surface area contributed by atoms with E-state index in [4.69, 9.17) is 0 Å². The first kappa shape index (κ1) is 30.8. The molecular weight excluding hydrogens is 636 g/mol. The molecule has 10 nitrogen and oxygen atoms in total. The quantitative estimate of drug-likeness (QED) is 0.280. The highest BCUT2D eigenvalue weighted by Gasteiger charge is 2.32. The van der Waals surface area contributed by atoms with Gasteiger partial charge in [0.25, 0.3) is 11.8 Å². The fourth-order valence-corrected chi connectivity index (χ4v) is 7.00. The molecule has 0 unspecified atom stereocenters. The van der Waals surface area contributed by atoms with E-state index in [0.29, 0.717) is 5.56 Å². The summed E-state index contributed by atoms with van der Waals surface area (Å²) in [6.45, 7) is -0.110. The molecule has 0 bridgehead atoms. The summed E-state index contributed by atoms with van der Waals surface area (Å²) in [4.78, 5) is 34.5. The number of carbonyl (C=O) groups is 2. The molecule has 43 heavy (non-hydrogen) atoms. The van der Waals surface area contributed by atoms with E-state index in [-0.39, 0.29) is 68.5 Å². The van der Waals surface area contributed by atoms with Crippen LogP contribution >= 0.6 is 15.9 Å². The highest BCUT2D eigenvalue weighted by Crippen LogP contribution is 2.27. The van der Waals surface area contributed by atoms with Crippen LogP contribution in [-0.2, 0) is 10.0 Å². The Hall–Kier alpha value is -3.68. The molecule has 2 heterocycles. The van der Waals surface area contributed by atoms with Gasteiger partial charge in [-0.05, 0) is 70.4 Å². The van der Waals surface area contributed by atoms with Gasteiger partial charge >= 0.3 is 0 Å². The van der Waals surface area contributed by atoms with Crippen LogP contribution in [0.5, 0.6) is 0 Å². The molecule has 1 aliphatic heterocycles. The van der Waals surface area contributed by atoms with Crippen LogP contribution in [0.25, 0.3) is 21.9 Å². The summed E-state index contributed by atoms with van der Waals surface area (Å²) < 4.78 is 29.2. The smallest absolute Gasteiger partial charge is 0.254 e. The molecule has 0 spiro atoms. The van der Waals surface area contributed by atoms with Crippen molar-refractivity contribution in [3.63, 3.8) is 0 Å². The van der Waals surface area contributed by atoms with Crippen LogP contribution in [0.3, 0.4) is 0 Å². The minimum Gasteiger partial charge on any atom is -0.395 e. The Morgan fingerprint density at radius 2 is 1.44 bits per heavy atom. The van der Waals surface area contributed by atoms with E-state index < -0.39 is 21.8 Å². The molecule has 2 N–H and O–H groups in total. The number of hydrogen-bond donors (Lipinski definition) is 2. The Morgan fingerprint density at radius 3 is 2.12 bits per heavy atom. The number of benzene rings is 3. The van der Waals surface area contributed by atoms with Gasteiger partial charge in [0.15, 0.2) is 0 Å². The second kappa shape index (κ2) is 13.3. The molecule has 1 aromatic heterocycles. The van der Waals surface area contributed by atoms with Crippen LogP contribution in [0.15, 0.2) is 88.5 Å². The van der Waals surface area contributed by atoms with Crippen molar-refractivity contribution in [3.8, 4) is 11.1 Å². The summed E-state index contributed by atoms with van der Waals surface area (Å²) >= 11 is 3.43. The lowest BCUT2D eigenvalue weighted by molar-refractivity contribution is 0.0654. The zero-order chi connectivity index (χ0) is 30.6. The topological polar surface area (TPSA) is 131 Å². The monoisotopic (exact) mass is 666 g/mol. The van der Waals surface area contributed by atoms with Crippen LogP contribution in [0.4, 0.5) is 0 Å². The molecule has 0 saturated carbocycles. The summed E-state index contributed by atoms with van der Waals surface area (Å²) in [5, 5.41) is 20.7. The molecule has 224 valence electrons. The molecule has 0 radical (unpaired) electrons. The van der Waals surface area contributed by atoms with Gasteiger partial charge in [-0.2, -0.15) is 4.31 Å². The largest absolute Gasteiger partial charge is 0.395 e. The maximum absolute atomic E-state index is 13.8. The third-order valence-corrected chi connectivity index (χ3v) is 9.85. The maximum atomic E-state index is 13.8. The highest BCUT2D eigenvalue weighted by molar-refractivity contribution is 9.10. The molecular formula is C31H31BrN4O6S. The Morgan fingerprint density at radius 1 is 0.791 bits per heavy atom. The van der Waals surface area contributed by atoms with E-state index in [9.17, 15) is 28.2 Å². The number of rotatable bonds is 9. The Kier molecular flexibility index (Phi) is 9.52. The van der Waals surface area contributed by atoms with E-state index in [0.717, 1.165) is 20.8 Å². The third kappa shape index (κ3) is 6.63. The first-order valence-electron chi connectivity index (χ1n) is 13.8. The van der Waals surface area contributed by atoms with Crippen molar-refractivity contribution in [1.29, 1.82) is 0 Å². The van der Waals surface area contributed by atoms with Crippen LogP contribution in [0.2, 0.25) is 0 Å². The van der Waals surface area contributed by atoms with Gasteiger partial charge in [0.05, 0.1) is 29.2 Å². The molecule has 1 aliphatic rings. The fourth-order valence-electron chi connectivity index (χ4n) is 5.16. The summed E-state index contributed by atoms with van der Waals surface area (Å²) in [5.41, 5.74) is 1.81. The van der Waals surface area contributed by atoms with Gasteiger partial charge < -0.3 is 20.0 Å². The molecule has 1 saturated heterocycles. The van der Waals surface area contributed by atoms with Gasteiger partial charge in [0.2, 0.25) is 10.0 Å². The van der Waals surface area contributed by atoms with Crippen molar-refractivity contribution in [2.24, 2.45) is 0 Å². The number of fused-ring (bicyclic) bond motifs is 1. The van der Waals surface area contributed by atoms with Crippen LogP contribution in [0.1, 0.15) is 20.7 Å². The molecule has 1 fully saturated rings. The van der Waals surface area contributed by atoms with Crippen LogP contribution < -0.4 is 0 Å². The average molecular weight is 668 g/mol. The first-order valence-corrected chi connectivity index (χ1v) is 16.0. The summed E-state index contributed by atoms with van der Waals surface area (Å²) in [7, 11) is -3.79. The standard InChI is InChI=1S/C31H31BrN4O6S/c32-26-4-1-24-20-27(5-2-23(24)19-26)43(41,42)36-13-11-34(12-14-36)30(39)28-6-3-25(22-7-9-33-10-8-22)21-29(28)31(40)35(15-17-37)16-18-38/h1-10,19-21,37-38H,11-18H2. The van der Waals surface area contributed by atoms with Gasteiger partial charge in [-0.1, -0.05) is 34.1 Å². The number of pyridine rings is 1. The average Bonchev–Trinajstić information content (AvgIpc) is 3.04. The van der Waals surface area contributed by atoms with Crippen molar-refractivity contribution in [3.05, 3.63) is 94.7 Å². The van der Waals surface area contributed by atoms with Crippen molar-refractivity contribution < 1.29 is 28.2 Å². The summed E-state index contributed by atoms with van der Waals surface area (Å²) in [6.07, 6.45) is 3.26. The number of piperazine rings is 1. The zero-order valence-electron chi connectivity index (χ0n) is 23.3. The van der Waals surface area contributed by atoms with Crippen LogP contribution in [-0.4, -0.2) is 102 Å². The van der Waals surface area contributed by atoms with Gasteiger partial charge in [-0.3, -0.25) is 14.6 Å². The van der Waals surface area contributed by atoms with Gasteiger partial charge in [0, 0.05) is 56.1 Å². The number of sulfonamides is 1. The zero-order valence-corrected chi connectivity index (χ0v) is 25.7. The third-order valence-electron chi connectivity index (χ3n) is 7.46. The number of halogens is 1. The number of hydrogen-bond acceptors (Lipinski definition) is 7. The Balaban J connectivity index is 1.38. The minimum absolute atomic E-state index is 0.00487. The lowest BCUT2D eigenvalue weighted by Gasteiger charge is -2.34. The molecule has 0 atom stereocenters. The van der Waals surface area contributed by atoms with Crippen LogP contribution in [0, 0.1) is 0 Å². The number of carbonyl (C=O) groups excluding carboxylic acids is 2. The minimum atomic E-state index is -3.79. The van der Waals surface area contributed by atoms with Gasteiger partial charge in [-0.25, -0.2) is 8.42 Å². The van der Waals surface area contributed by atoms with E-state index in [1.807, 2.05) is 18.2 Å².